The molecule has 0 saturated carbocycles. The van der Waals surface area contributed by atoms with Crippen LogP contribution in [-0.2, 0) is 13.1 Å². The number of nitrogens with zero attached hydrogens (tertiary/aromatic N) is 3. The van der Waals surface area contributed by atoms with E-state index in [1.54, 1.807) is 10.9 Å². The van der Waals surface area contributed by atoms with Crippen LogP contribution in [0.2, 0.25) is 0 Å². The lowest BCUT2D eigenvalue weighted by molar-refractivity contribution is 0.240. The number of carbonyl (C=O) groups is 1. The van der Waals surface area contributed by atoms with E-state index in [4.69, 9.17) is 0 Å². The molecule has 0 aliphatic heterocycles. The maximum absolute atomic E-state index is 13.3. The first kappa shape index (κ1) is 14.0. The summed E-state index contributed by atoms with van der Waals surface area (Å²) in [5.41, 5.74) is 0.221. The Balaban J connectivity index is 1.62. The number of urea groups is 1. The number of amides is 2. The highest BCUT2D eigenvalue weighted by Crippen LogP contribution is 2.01. The zero-order valence-corrected chi connectivity index (χ0v) is 10.9. The Morgan fingerprint density at radius 3 is 2.95 bits per heavy atom. The molecule has 6 nitrogen and oxygen atoms in total. The minimum Gasteiger partial charge on any atom is -0.338 e. The van der Waals surface area contributed by atoms with Gasteiger partial charge in [-0.2, -0.15) is 5.10 Å². The van der Waals surface area contributed by atoms with Crippen molar-refractivity contribution in [2.24, 2.45) is 0 Å². The largest absolute Gasteiger partial charge is 0.338 e. The van der Waals surface area contributed by atoms with Crippen molar-refractivity contribution in [3.63, 3.8) is 0 Å². The van der Waals surface area contributed by atoms with Crippen LogP contribution in [0.15, 0.2) is 36.8 Å². The molecule has 0 unspecified atom stereocenters. The Hall–Kier alpha value is -2.44. The van der Waals surface area contributed by atoms with Crippen LogP contribution >= 0.6 is 0 Å². The van der Waals surface area contributed by atoms with Crippen molar-refractivity contribution in [2.45, 2.75) is 19.5 Å². The van der Waals surface area contributed by atoms with E-state index < -0.39 is 5.82 Å². The zero-order valence-electron chi connectivity index (χ0n) is 10.9. The molecule has 20 heavy (non-hydrogen) atoms. The summed E-state index contributed by atoms with van der Waals surface area (Å²) < 4.78 is 15.1. The Kier molecular flexibility index (Phi) is 5.05. The van der Waals surface area contributed by atoms with Gasteiger partial charge in [-0.25, -0.2) is 9.18 Å². The molecular formula is C13H16FN5O. The van der Waals surface area contributed by atoms with Crippen LogP contribution in [0.3, 0.4) is 0 Å². The van der Waals surface area contributed by atoms with Crippen LogP contribution < -0.4 is 10.6 Å². The molecule has 2 heterocycles. The molecule has 0 aliphatic rings. The van der Waals surface area contributed by atoms with Gasteiger partial charge in [0.25, 0.3) is 0 Å². The van der Waals surface area contributed by atoms with Crippen LogP contribution in [0.5, 0.6) is 0 Å². The number of carbonyl (C=O) groups excluding carboxylic acids is 1. The van der Waals surface area contributed by atoms with Gasteiger partial charge in [0, 0.05) is 31.7 Å². The van der Waals surface area contributed by atoms with E-state index in [0.717, 1.165) is 13.0 Å². The van der Waals surface area contributed by atoms with Gasteiger partial charge < -0.3 is 10.6 Å². The highest BCUT2D eigenvalue weighted by atomic mass is 19.1. The monoisotopic (exact) mass is 277 g/mol. The van der Waals surface area contributed by atoms with Crippen molar-refractivity contribution in [3.05, 3.63) is 48.3 Å². The average molecular weight is 277 g/mol. The molecule has 0 aromatic carbocycles. The molecular weight excluding hydrogens is 261 g/mol. The summed E-state index contributed by atoms with van der Waals surface area (Å²) in [5, 5.41) is 9.31. The minimum absolute atomic E-state index is 0.0671. The molecule has 0 saturated heterocycles. The van der Waals surface area contributed by atoms with E-state index >= 15 is 0 Å². The maximum atomic E-state index is 13.3. The lowest BCUT2D eigenvalue weighted by atomic mass is 10.3. The van der Waals surface area contributed by atoms with Crippen LogP contribution in [-0.4, -0.2) is 27.3 Å². The molecule has 2 N–H and O–H groups in total. The molecule has 106 valence electrons. The van der Waals surface area contributed by atoms with Gasteiger partial charge in [0.1, 0.15) is 5.82 Å². The fourth-order valence-electron chi connectivity index (χ4n) is 1.65. The van der Waals surface area contributed by atoms with E-state index in [0.29, 0.717) is 6.54 Å². The topological polar surface area (TPSA) is 71.8 Å². The molecule has 2 rings (SSSR count). The lowest BCUT2D eigenvalue weighted by Gasteiger charge is -2.07. The fraction of sp³-hybridized carbons (Fsp3) is 0.308. The van der Waals surface area contributed by atoms with Crippen molar-refractivity contribution in [1.82, 2.24) is 25.4 Å². The first-order valence-corrected chi connectivity index (χ1v) is 6.34. The SMILES string of the molecule is O=C(NCCCn1cccn1)NCc1ncccc1F. The van der Waals surface area contributed by atoms with E-state index in [-0.39, 0.29) is 18.3 Å². The second-order valence-corrected chi connectivity index (χ2v) is 4.16. The summed E-state index contributed by atoms with van der Waals surface area (Å²) in [6.45, 7) is 1.33. The summed E-state index contributed by atoms with van der Waals surface area (Å²) in [6.07, 6.45) is 5.83. The summed E-state index contributed by atoms with van der Waals surface area (Å²) >= 11 is 0. The number of hydrogen-bond acceptors (Lipinski definition) is 3. The molecule has 2 aromatic heterocycles. The number of nitrogens with one attached hydrogen (secondary N) is 2. The van der Waals surface area contributed by atoms with Gasteiger partial charge >= 0.3 is 6.03 Å². The minimum atomic E-state index is -0.425. The third-order valence-electron chi connectivity index (χ3n) is 2.66. The molecule has 0 atom stereocenters. The first-order chi connectivity index (χ1) is 9.75. The van der Waals surface area contributed by atoms with Gasteiger partial charge in [0.2, 0.25) is 0 Å². The van der Waals surface area contributed by atoms with E-state index in [2.05, 4.69) is 20.7 Å². The van der Waals surface area contributed by atoms with Crippen LogP contribution in [0, 0.1) is 5.82 Å². The number of aromatic nitrogens is 3. The van der Waals surface area contributed by atoms with Crippen molar-refractivity contribution in [3.8, 4) is 0 Å². The van der Waals surface area contributed by atoms with Gasteiger partial charge in [-0.1, -0.05) is 0 Å². The fourth-order valence-corrected chi connectivity index (χ4v) is 1.65. The Labute approximate surface area is 116 Å². The van der Waals surface area contributed by atoms with Crippen molar-refractivity contribution in [1.29, 1.82) is 0 Å². The number of aryl methyl sites for hydroxylation is 1. The second kappa shape index (κ2) is 7.22. The quantitative estimate of drug-likeness (QED) is 0.782. The number of rotatable bonds is 6. The Morgan fingerprint density at radius 2 is 2.20 bits per heavy atom. The molecule has 0 fully saturated rings. The van der Waals surface area contributed by atoms with E-state index in [1.165, 1.54) is 18.3 Å². The number of pyridine rings is 1. The predicted octanol–water partition coefficient (Wildman–Crippen LogP) is 1.31. The first-order valence-electron chi connectivity index (χ1n) is 6.34. The predicted molar refractivity (Wildman–Crippen MR) is 71.3 cm³/mol. The normalized spacial score (nSPS) is 10.2. The highest BCUT2D eigenvalue weighted by Gasteiger charge is 2.04. The summed E-state index contributed by atoms with van der Waals surface area (Å²) in [7, 11) is 0. The molecule has 0 radical (unpaired) electrons. The van der Waals surface area contributed by atoms with Gasteiger partial charge in [-0.05, 0) is 24.6 Å². The summed E-state index contributed by atoms with van der Waals surface area (Å²) in [5.74, 6) is -0.425. The summed E-state index contributed by atoms with van der Waals surface area (Å²) in [6, 6.07) is 4.33. The maximum Gasteiger partial charge on any atom is 0.315 e. The lowest BCUT2D eigenvalue weighted by Crippen LogP contribution is -2.36. The Bertz CT molecular complexity index is 543. The molecule has 0 bridgehead atoms. The van der Waals surface area contributed by atoms with E-state index in [9.17, 15) is 9.18 Å². The van der Waals surface area contributed by atoms with E-state index in [1.807, 2.05) is 12.3 Å². The third-order valence-corrected chi connectivity index (χ3v) is 2.66. The molecule has 7 heteroatoms. The van der Waals surface area contributed by atoms with Crippen LogP contribution in [0.25, 0.3) is 0 Å². The number of halogens is 1. The van der Waals surface area contributed by atoms with Crippen molar-refractivity contribution < 1.29 is 9.18 Å². The third kappa shape index (κ3) is 4.34. The van der Waals surface area contributed by atoms with Gasteiger partial charge in [0.05, 0.1) is 12.2 Å². The average Bonchev–Trinajstić information content (AvgIpc) is 2.96. The van der Waals surface area contributed by atoms with Crippen LogP contribution in [0.1, 0.15) is 12.1 Å². The van der Waals surface area contributed by atoms with Gasteiger partial charge in [-0.3, -0.25) is 9.67 Å². The van der Waals surface area contributed by atoms with Crippen molar-refractivity contribution >= 4 is 6.03 Å². The summed E-state index contributed by atoms with van der Waals surface area (Å²) in [4.78, 5) is 15.3. The zero-order chi connectivity index (χ0) is 14.2. The smallest absolute Gasteiger partial charge is 0.315 e. The molecule has 0 aliphatic carbocycles. The molecule has 2 aromatic rings. The second-order valence-electron chi connectivity index (χ2n) is 4.16. The number of hydrogen-bond donors (Lipinski definition) is 2. The highest BCUT2D eigenvalue weighted by molar-refractivity contribution is 5.73. The molecule has 2 amide bonds. The standard InChI is InChI=1S/C13H16FN5O/c14-11-4-1-5-15-12(11)10-17-13(20)16-6-2-8-19-9-3-7-18-19/h1,3-5,7,9H,2,6,8,10H2,(H2,16,17,20). The van der Waals surface area contributed by atoms with Crippen LogP contribution in [0.4, 0.5) is 9.18 Å². The molecule has 0 spiro atoms. The van der Waals surface area contributed by atoms with Gasteiger partial charge in [-0.15, -0.1) is 0 Å². The Morgan fingerprint density at radius 1 is 1.30 bits per heavy atom. The van der Waals surface area contributed by atoms with Crippen molar-refractivity contribution in [2.75, 3.05) is 6.54 Å². The van der Waals surface area contributed by atoms with Gasteiger partial charge in [0.15, 0.2) is 0 Å².